The van der Waals surface area contributed by atoms with Gasteiger partial charge in [-0.2, -0.15) is 0 Å². The molecule has 0 aliphatic rings. The summed E-state index contributed by atoms with van der Waals surface area (Å²) in [6, 6.07) is 0.631. The molecule has 0 aliphatic heterocycles. The molecule has 0 fully saturated rings. The highest BCUT2D eigenvalue weighted by atomic mass is 19.1. The zero-order chi connectivity index (χ0) is 15.5. The predicted molar refractivity (Wildman–Crippen MR) is 69.4 cm³/mol. The van der Waals surface area contributed by atoms with Crippen LogP contribution >= 0.6 is 0 Å². The number of urea groups is 1. The maximum atomic E-state index is 13.3. The lowest BCUT2D eigenvalue weighted by Crippen LogP contribution is -2.50. The van der Waals surface area contributed by atoms with Crippen molar-refractivity contribution in [3.05, 3.63) is 29.8 Å². The van der Waals surface area contributed by atoms with E-state index in [1.54, 1.807) is 20.8 Å². The Morgan fingerprint density at radius 1 is 1.25 bits per heavy atom. The van der Waals surface area contributed by atoms with E-state index in [9.17, 15) is 18.4 Å². The Labute approximate surface area is 115 Å². The number of rotatable bonds is 3. The second-order valence-electron chi connectivity index (χ2n) is 5.36. The topological polar surface area (TPSA) is 78.4 Å². The monoisotopic (exact) mass is 286 g/mol. The van der Waals surface area contributed by atoms with Gasteiger partial charge in [0.15, 0.2) is 0 Å². The Morgan fingerprint density at radius 2 is 1.85 bits per heavy atom. The fourth-order valence-corrected chi connectivity index (χ4v) is 1.53. The number of benzene rings is 1. The molecule has 0 bridgehead atoms. The number of amides is 2. The number of nitrogens with one attached hydrogen (secondary N) is 2. The van der Waals surface area contributed by atoms with Crippen molar-refractivity contribution < 1.29 is 23.5 Å². The average Bonchev–Trinajstić information content (AvgIpc) is 2.28. The van der Waals surface area contributed by atoms with Crippen LogP contribution in [0.3, 0.4) is 0 Å². The number of anilines is 1. The second-order valence-corrected chi connectivity index (χ2v) is 5.36. The number of hydrogen-bond acceptors (Lipinski definition) is 2. The molecule has 1 atom stereocenters. The lowest BCUT2D eigenvalue weighted by atomic mass is 9.87. The van der Waals surface area contributed by atoms with Gasteiger partial charge in [-0.15, -0.1) is 0 Å². The summed E-state index contributed by atoms with van der Waals surface area (Å²) in [5.74, 6) is -2.92. The largest absolute Gasteiger partial charge is 0.480 e. The van der Waals surface area contributed by atoms with Crippen molar-refractivity contribution in [1.29, 1.82) is 0 Å². The van der Waals surface area contributed by atoms with Crippen LogP contribution in [-0.4, -0.2) is 23.1 Å². The van der Waals surface area contributed by atoms with Crippen LogP contribution in [0, 0.1) is 17.0 Å². The highest BCUT2D eigenvalue weighted by molar-refractivity contribution is 5.92. The lowest BCUT2D eigenvalue weighted by Gasteiger charge is -2.27. The molecule has 1 aromatic carbocycles. The molecule has 7 heteroatoms. The number of halogens is 2. The van der Waals surface area contributed by atoms with Gasteiger partial charge in [-0.1, -0.05) is 20.8 Å². The van der Waals surface area contributed by atoms with Gasteiger partial charge in [-0.05, 0) is 17.5 Å². The Morgan fingerprint density at radius 3 is 2.30 bits per heavy atom. The summed E-state index contributed by atoms with van der Waals surface area (Å²) >= 11 is 0. The zero-order valence-electron chi connectivity index (χ0n) is 11.3. The number of aliphatic carboxylic acids is 1. The summed E-state index contributed by atoms with van der Waals surface area (Å²) in [6.07, 6.45) is 0. The molecule has 110 valence electrons. The molecule has 0 saturated carbocycles. The van der Waals surface area contributed by atoms with E-state index in [1.807, 2.05) is 0 Å². The van der Waals surface area contributed by atoms with E-state index in [1.165, 1.54) is 0 Å². The Balaban J connectivity index is 2.79. The quantitative estimate of drug-likeness (QED) is 0.799. The summed E-state index contributed by atoms with van der Waals surface area (Å²) in [4.78, 5) is 22.7. The third-order valence-corrected chi connectivity index (χ3v) is 2.57. The summed E-state index contributed by atoms with van der Waals surface area (Å²) in [5, 5.41) is 13.4. The highest BCUT2D eigenvalue weighted by Gasteiger charge is 2.32. The van der Waals surface area contributed by atoms with Gasteiger partial charge in [0.25, 0.3) is 0 Å². The van der Waals surface area contributed by atoms with Gasteiger partial charge in [-0.25, -0.2) is 18.4 Å². The minimum absolute atomic E-state index is 0.234. The van der Waals surface area contributed by atoms with Crippen LogP contribution in [0.25, 0.3) is 0 Å². The minimum atomic E-state index is -1.20. The van der Waals surface area contributed by atoms with E-state index in [2.05, 4.69) is 10.6 Å². The molecule has 1 rings (SSSR count). The summed E-state index contributed by atoms with van der Waals surface area (Å²) < 4.78 is 26.1. The van der Waals surface area contributed by atoms with Crippen molar-refractivity contribution >= 4 is 17.7 Å². The van der Waals surface area contributed by atoms with Crippen LogP contribution in [-0.2, 0) is 4.79 Å². The van der Waals surface area contributed by atoms with Crippen LogP contribution in [0.15, 0.2) is 18.2 Å². The van der Waals surface area contributed by atoms with Crippen molar-refractivity contribution in [3.63, 3.8) is 0 Å². The number of carboxylic acid groups (broad SMARTS) is 1. The van der Waals surface area contributed by atoms with Gasteiger partial charge >= 0.3 is 12.0 Å². The smallest absolute Gasteiger partial charge is 0.326 e. The van der Waals surface area contributed by atoms with Crippen LogP contribution in [0.2, 0.25) is 0 Å². The number of hydrogen-bond donors (Lipinski definition) is 3. The van der Waals surface area contributed by atoms with Crippen molar-refractivity contribution in [1.82, 2.24) is 5.32 Å². The minimum Gasteiger partial charge on any atom is -0.480 e. The van der Waals surface area contributed by atoms with Crippen LogP contribution in [0.4, 0.5) is 19.3 Å². The number of carboxylic acids is 1. The SMILES string of the molecule is CC(C)(C)[C@@H](NC(=O)Nc1ccc(F)cc1F)C(=O)O. The molecule has 0 aliphatic carbocycles. The molecule has 2 amide bonds. The van der Waals surface area contributed by atoms with Gasteiger partial charge in [0.05, 0.1) is 5.69 Å². The van der Waals surface area contributed by atoms with Gasteiger partial charge in [0.2, 0.25) is 0 Å². The predicted octanol–water partition coefficient (Wildman–Crippen LogP) is 2.59. The van der Waals surface area contributed by atoms with Crippen molar-refractivity contribution in [3.8, 4) is 0 Å². The third-order valence-electron chi connectivity index (χ3n) is 2.57. The van der Waals surface area contributed by atoms with Crippen LogP contribution in [0.5, 0.6) is 0 Å². The fourth-order valence-electron chi connectivity index (χ4n) is 1.53. The Hall–Kier alpha value is -2.18. The molecule has 5 nitrogen and oxygen atoms in total. The molecule has 1 aromatic rings. The first-order chi connectivity index (χ1) is 9.11. The lowest BCUT2D eigenvalue weighted by molar-refractivity contribution is -0.141. The van der Waals surface area contributed by atoms with Crippen LogP contribution in [0.1, 0.15) is 20.8 Å². The van der Waals surface area contributed by atoms with Gasteiger partial charge < -0.3 is 15.7 Å². The van der Waals surface area contributed by atoms with Crippen molar-refractivity contribution in [2.75, 3.05) is 5.32 Å². The number of carbonyl (C=O) groups is 2. The molecular weight excluding hydrogens is 270 g/mol. The van der Waals surface area contributed by atoms with Gasteiger partial charge in [0.1, 0.15) is 17.7 Å². The maximum absolute atomic E-state index is 13.3. The first-order valence-electron chi connectivity index (χ1n) is 5.86. The van der Waals surface area contributed by atoms with E-state index in [-0.39, 0.29) is 5.69 Å². The molecule has 0 radical (unpaired) electrons. The molecule has 0 saturated heterocycles. The molecule has 0 unspecified atom stereocenters. The zero-order valence-corrected chi connectivity index (χ0v) is 11.3. The van der Waals surface area contributed by atoms with Crippen molar-refractivity contribution in [2.24, 2.45) is 5.41 Å². The fraction of sp³-hybridized carbons (Fsp3) is 0.385. The first-order valence-corrected chi connectivity index (χ1v) is 5.86. The van der Waals surface area contributed by atoms with Gasteiger partial charge in [0, 0.05) is 6.07 Å². The molecule has 0 aromatic heterocycles. The summed E-state index contributed by atoms with van der Waals surface area (Å²) in [5.41, 5.74) is -0.952. The van der Waals surface area contributed by atoms with Crippen molar-refractivity contribution in [2.45, 2.75) is 26.8 Å². The Kier molecular flexibility index (Phi) is 4.65. The van der Waals surface area contributed by atoms with E-state index in [0.717, 1.165) is 12.1 Å². The highest BCUT2D eigenvalue weighted by Crippen LogP contribution is 2.20. The van der Waals surface area contributed by atoms with E-state index >= 15 is 0 Å². The van der Waals surface area contributed by atoms with E-state index in [0.29, 0.717) is 6.07 Å². The van der Waals surface area contributed by atoms with Gasteiger partial charge in [-0.3, -0.25) is 0 Å². The van der Waals surface area contributed by atoms with E-state index < -0.39 is 35.1 Å². The van der Waals surface area contributed by atoms with Crippen LogP contribution < -0.4 is 10.6 Å². The normalized spacial score (nSPS) is 12.7. The maximum Gasteiger partial charge on any atom is 0.326 e. The number of carbonyl (C=O) groups excluding carboxylic acids is 1. The molecule has 0 spiro atoms. The molecule has 3 N–H and O–H groups in total. The molecule has 20 heavy (non-hydrogen) atoms. The summed E-state index contributed by atoms with van der Waals surface area (Å²) in [6.45, 7) is 4.93. The third kappa shape index (κ3) is 4.18. The van der Waals surface area contributed by atoms with E-state index in [4.69, 9.17) is 5.11 Å². The molecular formula is C13H16F2N2O3. The average molecular weight is 286 g/mol. The summed E-state index contributed by atoms with van der Waals surface area (Å²) in [7, 11) is 0. The second kappa shape index (κ2) is 5.85. The first kappa shape index (κ1) is 15.9. The Bertz CT molecular complexity index is 527. The molecule has 0 heterocycles. The standard InChI is InChI=1S/C13H16F2N2O3/c1-13(2,3)10(11(18)19)17-12(20)16-9-5-4-7(14)6-8(9)15/h4-6,10H,1-3H3,(H,18,19)(H2,16,17,20)/t10-/m0/s1.